The third-order valence-electron chi connectivity index (χ3n) is 4.25. The molecule has 0 unspecified atom stereocenters. The van der Waals surface area contributed by atoms with Crippen LogP contribution in [0.3, 0.4) is 0 Å². The number of hydrogen-bond donors (Lipinski definition) is 2. The van der Waals surface area contributed by atoms with E-state index in [1.165, 1.54) is 0 Å². The molecule has 3 aromatic rings. The van der Waals surface area contributed by atoms with Crippen molar-refractivity contribution >= 4 is 17.4 Å². The second kappa shape index (κ2) is 7.71. The van der Waals surface area contributed by atoms with Crippen LogP contribution in [0.4, 0.5) is 4.79 Å². The van der Waals surface area contributed by atoms with Gasteiger partial charge in [0.25, 0.3) is 0 Å². The number of aryl methyl sites for hydroxylation is 1. The van der Waals surface area contributed by atoms with E-state index >= 15 is 0 Å². The average molecular weight is 384 g/mol. The van der Waals surface area contributed by atoms with Crippen LogP contribution in [0.1, 0.15) is 11.3 Å². The van der Waals surface area contributed by atoms with Gasteiger partial charge in [-0.05, 0) is 42.1 Å². The lowest BCUT2D eigenvalue weighted by Gasteiger charge is -2.09. The summed E-state index contributed by atoms with van der Waals surface area (Å²) in [6.07, 6.45) is 0. The Morgan fingerprint density at radius 1 is 1.22 bits per heavy atom. The van der Waals surface area contributed by atoms with E-state index in [-0.39, 0.29) is 12.8 Å². The molecule has 0 bridgehead atoms. The Hall–Kier alpha value is -3.00. The van der Waals surface area contributed by atoms with Gasteiger partial charge in [-0.1, -0.05) is 12.1 Å². The number of nitrogens with one attached hydrogen (secondary N) is 2. The molecule has 0 fully saturated rings. The zero-order valence-corrected chi connectivity index (χ0v) is 15.7. The van der Waals surface area contributed by atoms with Crippen LogP contribution in [0, 0.1) is 6.92 Å². The van der Waals surface area contributed by atoms with Crippen LogP contribution in [-0.4, -0.2) is 29.1 Å². The number of fused-ring (bicyclic) bond motifs is 1. The molecule has 0 atom stereocenters. The first-order valence-corrected chi connectivity index (χ1v) is 9.55. The van der Waals surface area contributed by atoms with Gasteiger partial charge in [0, 0.05) is 18.8 Å². The quantitative estimate of drug-likeness (QED) is 0.684. The van der Waals surface area contributed by atoms with Crippen molar-refractivity contribution in [2.75, 3.05) is 13.3 Å². The van der Waals surface area contributed by atoms with Crippen LogP contribution in [0.25, 0.3) is 10.6 Å². The monoisotopic (exact) mass is 384 g/mol. The average Bonchev–Trinajstić information content (AvgIpc) is 3.41. The number of thiophene rings is 1. The number of rotatable bonds is 6. The predicted molar refractivity (Wildman–Crippen MR) is 103 cm³/mol. The number of ether oxygens (including phenoxy) is 2. The highest BCUT2D eigenvalue weighted by Crippen LogP contribution is 2.32. The Morgan fingerprint density at radius 2 is 2.11 bits per heavy atom. The van der Waals surface area contributed by atoms with Crippen LogP contribution in [-0.2, 0) is 13.1 Å². The third-order valence-corrected chi connectivity index (χ3v) is 5.15. The molecule has 27 heavy (non-hydrogen) atoms. The summed E-state index contributed by atoms with van der Waals surface area (Å²) in [5.41, 5.74) is 2.99. The van der Waals surface area contributed by atoms with E-state index in [0.717, 1.165) is 27.6 Å². The molecule has 2 amide bonds. The van der Waals surface area contributed by atoms with Gasteiger partial charge in [-0.2, -0.15) is 5.10 Å². The number of amides is 2. The van der Waals surface area contributed by atoms with Gasteiger partial charge >= 0.3 is 6.03 Å². The largest absolute Gasteiger partial charge is 0.454 e. The molecule has 0 spiro atoms. The molecule has 0 aliphatic carbocycles. The van der Waals surface area contributed by atoms with Crippen LogP contribution < -0.4 is 20.1 Å². The minimum absolute atomic E-state index is 0.212. The zero-order chi connectivity index (χ0) is 18.6. The lowest BCUT2D eigenvalue weighted by atomic mass is 10.2. The highest BCUT2D eigenvalue weighted by Gasteiger charge is 2.13. The molecule has 2 N–H and O–H groups in total. The number of urea groups is 1. The molecule has 0 saturated heterocycles. The van der Waals surface area contributed by atoms with E-state index in [2.05, 4.69) is 27.9 Å². The van der Waals surface area contributed by atoms with Gasteiger partial charge < -0.3 is 20.1 Å². The second-order valence-electron chi connectivity index (χ2n) is 6.17. The van der Waals surface area contributed by atoms with Gasteiger partial charge in [-0.3, -0.25) is 4.68 Å². The van der Waals surface area contributed by atoms with E-state index < -0.39 is 0 Å². The summed E-state index contributed by atoms with van der Waals surface area (Å²) in [4.78, 5) is 13.2. The number of carbonyl (C=O) groups is 1. The fourth-order valence-corrected chi connectivity index (χ4v) is 3.53. The lowest BCUT2D eigenvalue weighted by molar-refractivity contribution is 0.174. The maximum Gasteiger partial charge on any atom is 0.315 e. The topological polar surface area (TPSA) is 77.4 Å². The minimum Gasteiger partial charge on any atom is -0.454 e. The summed E-state index contributed by atoms with van der Waals surface area (Å²) in [6.45, 7) is 3.80. The molecule has 8 heteroatoms. The molecule has 140 valence electrons. The standard InChI is InChI=1S/C19H20N4O3S/c1-13-9-15(18-3-2-8-27-18)22-23(13)7-6-20-19(24)21-11-14-4-5-16-17(10-14)26-12-25-16/h2-5,8-10H,6-7,11-12H2,1H3,(H2,20,21,24). The van der Waals surface area contributed by atoms with Crippen LogP contribution in [0.15, 0.2) is 41.8 Å². The Balaban J connectivity index is 1.24. The van der Waals surface area contributed by atoms with Crippen molar-refractivity contribution in [1.82, 2.24) is 20.4 Å². The zero-order valence-electron chi connectivity index (χ0n) is 14.9. The van der Waals surface area contributed by atoms with Crippen molar-refractivity contribution in [1.29, 1.82) is 0 Å². The van der Waals surface area contributed by atoms with Gasteiger partial charge in [0.15, 0.2) is 11.5 Å². The first kappa shape index (κ1) is 17.4. The molecule has 2 aromatic heterocycles. The van der Waals surface area contributed by atoms with E-state index in [4.69, 9.17) is 9.47 Å². The SMILES string of the molecule is Cc1cc(-c2cccs2)nn1CCNC(=O)NCc1ccc2c(c1)OCO2. The van der Waals surface area contributed by atoms with Gasteiger partial charge in [-0.15, -0.1) is 11.3 Å². The number of carbonyl (C=O) groups excluding carboxylic acids is 1. The van der Waals surface area contributed by atoms with Crippen molar-refractivity contribution in [3.05, 3.63) is 53.0 Å². The number of benzene rings is 1. The van der Waals surface area contributed by atoms with Crippen LogP contribution in [0.2, 0.25) is 0 Å². The fraction of sp³-hybridized carbons (Fsp3) is 0.263. The maximum absolute atomic E-state index is 12.0. The lowest BCUT2D eigenvalue weighted by Crippen LogP contribution is -2.37. The second-order valence-corrected chi connectivity index (χ2v) is 7.12. The molecule has 1 aliphatic heterocycles. The molecule has 3 heterocycles. The Kier molecular flexibility index (Phi) is 4.97. The molecule has 1 aliphatic rings. The van der Waals surface area contributed by atoms with E-state index in [1.807, 2.05) is 41.3 Å². The molecule has 1 aromatic carbocycles. The molecule has 7 nitrogen and oxygen atoms in total. The van der Waals surface area contributed by atoms with E-state index in [0.29, 0.717) is 25.4 Å². The van der Waals surface area contributed by atoms with Crippen LogP contribution in [0.5, 0.6) is 11.5 Å². The van der Waals surface area contributed by atoms with Gasteiger partial charge in [0.1, 0.15) is 5.69 Å². The normalized spacial score (nSPS) is 12.2. The van der Waals surface area contributed by atoms with Gasteiger partial charge in [0.05, 0.1) is 11.4 Å². The van der Waals surface area contributed by atoms with Gasteiger partial charge in [0.2, 0.25) is 6.79 Å². The Labute approximate surface area is 160 Å². The summed E-state index contributed by atoms with van der Waals surface area (Å²) in [6, 6.07) is 11.6. The molecule has 0 radical (unpaired) electrons. The highest BCUT2D eigenvalue weighted by molar-refractivity contribution is 7.13. The van der Waals surface area contributed by atoms with Crippen molar-refractivity contribution in [3.8, 4) is 22.1 Å². The predicted octanol–water partition coefficient (Wildman–Crippen LogP) is 3.15. The highest BCUT2D eigenvalue weighted by atomic mass is 32.1. The first-order valence-electron chi connectivity index (χ1n) is 8.67. The molecular formula is C19H20N4O3S. The van der Waals surface area contributed by atoms with E-state index in [9.17, 15) is 4.79 Å². The third kappa shape index (κ3) is 4.06. The summed E-state index contributed by atoms with van der Waals surface area (Å²) in [7, 11) is 0. The fourth-order valence-electron chi connectivity index (χ4n) is 2.85. The Bertz CT molecular complexity index is 937. The number of hydrogen-bond acceptors (Lipinski definition) is 5. The van der Waals surface area contributed by atoms with Crippen LogP contribution >= 0.6 is 11.3 Å². The first-order chi connectivity index (χ1) is 13.2. The summed E-state index contributed by atoms with van der Waals surface area (Å²) < 4.78 is 12.5. The minimum atomic E-state index is -0.212. The van der Waals surface area contributed by atoms with Crippen molar-refractivity contribution < 1.29 is 14.3 Å². The van der Waals surface area contributed by atoms with Gasteiger partial charge in [-0.25, -0.2) is 4.79 Å². The molecule has 0 saturated carbocycles. The molecule has 4 rings (SSSR count). The summed E-state index contributed by atoms with van der Waals surface area (Å²) in [5.74, 6) is 1.45. The molecular weight excluding hydrogens is 364 g/mol. The summed E-state index contributed by atoms with van der Waals surface area (Å²) >= 11 is 1.67. The smallest absolute Gasteiger partial charge is 0.315 e. The Morgan fingerprint density at radius 3 is 2.96 bits per heavy atom. The summed E-state index contributed by atoms with van der Waals surface area (Å²) in [5, 5.41) is 12.3. The van der Waals surface area contributed by atoms with Crippen molar-refractivity contribution in [2.45, 2.75) is 20.0 Å². The van der Waals surface area contributed by atoms with Crippen molar-refractivity contribution in [3.63, 3.8) is 0 Å². The van der Waals surface area contributed by atoms with Crippen molar-refractivity contribution in [2.24, 2.45) is 0 Å². The maximum atomic E-state index is 12.0. The number of nitrogens with zero attached hydrogens (tertiary/aromatic N) is 2. The number of aromatic nitrogens is 2. The van der Waals surface area contributed by atoms with E-state index in [1.54, 1.807) is 11.3 Å².